The van der Waals surface area contributed by atoms with Crippen molar-refractivity contribution in [3.8, 4) is 5.75 Å². The van der Waals surface area contributed by atoms with E-state index < -0.39 is 0 Å². The summed E-state index contributed by atoms with van der Waals surface area (Å²) in [6.45, 7) is 9.02. The average molecular weight is 345 g/mol. The SMILES string of the molecule is CCOc1ccc(C=CC(=O)N(C)CCCN2CCN(C)CC2)cc1. The zero-order valence-electron chi connectivity index (χ0n) is 15.8. The van der Waals surface area contributed by atoms with Crippen molar-refractivity contribution in [2.24, 2.45) is 0 Å². The third-order valence-electron chi connectivity index (χ3n) is 4.55. The number of carbonyl (C=O) groups is 1. The molecule has 1 heterocycles. The fraction of sp³-hybridized carbons (Fsp3) is 0.550. The summed E-state index contributed by atoms with van der Waals surface area (Å²) in [5.74, 6) is 0.902. The van der Waals surface area contributed by atoms with Gasteiger partial charge in [-0.3, -0.25) is 4.79 Å². The highest BCUT2D eigenvalue weighted by Gasteiger charge is 2.13. The van der Waals surface area contributed by atoms with Crippen LogP contribution in [0, 0.1) is 0 Å². The lowest BCUT2D eigenvalue weighted by Gasteiger charge is -2.32. The van der Waals surface area contributed by atoms with Gasteiger partial charge >= 0.3 is 0 Å². The van der Waals surface area contributed by atoms with Crippen LogP contribution in [0.15, 0.2) is 30.3 Å². The number of nitrogens with zero attached hydrogens (tertiary/aromatic N) is 3. The second-order valence-corrected chi connectivity index (χ2v) is 6.59. The quantitative estimate of drug-likeness (QED) is 0.677. The number of rotatable bonds is 8. The average Bonchev–Trinajstić information content (AvgIpc) is 2.62. The highest BCUT2D eigenvalue weighted by molar-refractivity contribution is 5.91. The third-order valence-corrected chi connectivity index (χ3v) is 4.55. The molecule has 0 bridgehead atoms. The third kappa shape index (κ3) is 6.88. The zero-order chi connectivity index (χ0) is 18.1. The van der Waals surface area contributed by atoms with Gasteiger partial charge in [-0.05, 0) is 50.7 Å². The Morgan fingerprint density at radius 1 is 1.20 bits per heavy atom. The predicted octanol–water partition coefficient (Wildman–Crippen LogP) is 2.19. The maximum atomic E-state index is 12.2. The number of piperazine rings is 1. The Bertz CT molecular complexity index is 549. The second-order valence-electron chi connectivity index (χ2n) is 6.59. The number of hydrogen-bond donors (Lipinski definition) is 0. The predicted molar refractivity (Wildman–Crippen MR) is 103 cm³/mol. The van der Waals surface area contributed by atoms with Crippen molar-refractivity contribution in [2.45, 2.75) is 13.3 Å². The maximum Gasteiger partial charge on any atom is 0.246 e. The van der Waals surface area contributed by atoms with Gasteiger partial charge in [-0.15, -0.1) is 0 Å². The first-order valence-corrected chi connectivity index (χ1v) is 9.15. The number of benzene rings is 1. The van der Waals surface area contributed by atoms with Crippen LogP contribution in [0.2, 0.25) is 0 Å². The fourth-order valence-corrected chi connectivity index (χ4v) is 2.85. The normalized spacial score (nSPS) is 16.3. The van der Waals surface area contributed by atoms with E-state index in [1.807, 2.05) is 44.3 Å². The van der Waals surface area contributed by atoms with Crippen LogP contribution in [-0.2, 0) is 4.79 Å². The van der Waals surface area contributed by atoms with E-state index in [-0.39, 0.29) is 5.91 Å². The summed E-state index contributed by atoms with van der Waals surface area (Å²) >= 11 is 0. The molecule has 0 radical (unpaired) electrons. The first-order chi connectivity index (χ1) is 12.1. The lowest BCUT2D eigenvalue weighted by molar-refractivity contribution is -0.124. The molecule has 0 N–H and O–H groups in total. The molecule has 1 aliphatic rings. The van der Waals surface area contributed by atoms with Crippen LogP contribution in [0.5, 0.6) is 5.75 Å². The minimum Gasteiger partial charge on any atom is -0.494 e. The molecule has 1 aromatic carbocycles. The molecule has 0 spiro atoms. The summed E-state index contributed by atoms with van der Waals surface area (Å²) in [5.41, 5.74) is 1.00. The van der Waals surface area contributed by atoms with Crippen LogP contribution in [0.25, 0.3) is 6.08 Å². The van der Waals surface area contributed by atoms with E-state index >= 15 is 0 Å². The van der Waals surface area contributed by atoms with Crippen LogP contribution in [-0.4, -0.2) is 80.6 Å². The number of likely N-dealkylation sites (N-methyl/N-ethyl adjacent to an activating group) is 2. The van der Waals surface area contributed by atoms with Crippen molar-refractivity contribution in [1.29, 1.82) is 0 Å². The topological polar surface area (TPSA) is 36.0 Å². The first kappa shape index (κ1) is 19.5. The number of ether oxygens (including phenoxy) is 1. The molecule has 5 heteroatoms. The van der Waals surface area contributed by atoms with Gasteiger partial charge < -0.3 is 19.4 Å². The van der Waals surface area contributed by atoms with Gasteiger partial charge in [0.15, 0.2) is 0 Å². The summed E-state index contributed by atoms with van der Waals surface area (Å²) < 4.78 is 5.42. The van der Waals surface area contributed by atoms with Gasteiger partial charge in [-0.2, -0.15) is 0 Å². The molecule has 0 aromatic heterocycles. The van der Waals surface area contributed by atoms with Crippen molar-refractivity contribution in [2.75, 3.05) is 60.0 Å². The minimum absolute atomic E-state index is 0.0484. The number of carbonyl (C=O) groups excluding carboxylic acids is 1. The molecule has 1 saturated heterocycles. The van der Waals surface area contributed by atoms with E-state index in [0.29, 0.717) is 6.61 Å². The Labute approximate surface area is 151 Å². The Morgan fingerprint density at radius 2 is 1.88 bits per heavy atom. The number of hydrogen-bond acceptors (Lipinski definition) is 4. The molecular weight excluding hydrogens is 314 g/mol. The summed E-state index contributed by atoms with van der Waals surface area (Å²) in [4.78, 5) is 18.8. The lowest BCUT2D eigenvalue weighted by Crippen LogP contribution is -2.45. The smallest absolute Gasteiger partial charge is 0.246 e. The molecule has 25 heavy (non-hydrogen) atoms. The molecule has 0 atom stereocenters. The standard InChI is InChI=1S/C20H31N3O2/c1-4-25-19-9-6-18(7-10-19)8-11-20(24)22(3)12-5-13-23-16-14-21(2)15-17-23/h6-11H,4-5,12-17H2,1-3H3. The van der Waals surface area contributed by atoms with Gasteiger partial charge in [0, 0.05) is 45.8 Å². The van der Waals surface area contributed by atoms with Gasteiger partial charge in [-0.1, -0.05) is 12.1 Å². The molecule has 0 unspecified atom stereocenters. The Hall–Kier alpha value is -1.85. The molecule has 2 rings (SSSR count). The second kappa shape index (κ2) is 10.2. The maximum absolute atomic E-state index is 12.2. The van der Waals surface area contributed by atoms with Crippen molar-refractivity contribution >= 4 is 12.0 Å². The number of amides is 1. The molecule has 1 amide bonds. The highest BCUT2D eigenvalue weighted by Crippen LogP contribution is 2.13. The fourth-order valence-electron chi connectivity index (χ4n) is 2.85. The molecule has 0 saturated carbocycles. The van der Waals surface area contributed by atoms with Gasteiger partial charge in [0.2, 0.25) is 5.91 Å². The molecule has 138 valence electrons. The summed E-state index contributed by atoms with van der Waals surface area (Å²) in [6, 6.07) is 7.77. The highest BCUT2D eigenvalue weighted by atomic mass is 16.5. The van der Waals surface area contributed by atoms with E-state index in [0.717, 1.165) is 57.0 Å². The van der Waals surface area contributed by atoms with Crippen LogP contribution in [0.3, 0.4) is 0 Å². The van der Waals surface area contributed by atoms with E-state index in [1.165, 1.54) is 0 Å². The molecule has 1 fully saturated rings. The summed E-state index contributed by atoms with van der Waals surface area (Å²) in [7, 11) is 4.04. The van der Waals surface area contributed by atoms with E-state index in [4.69, 9.17) is 4.74 Å². The van der Waals surface area contributed by atoms with E-state index in [1.54, 1.807) is 11.0 Å². The molecular formula is C20H31N3O2. The van der Waals surface area contributed by atoms with Crippen molar-refractivity contribution in [3.05, 3.63) is 35.9 Å². The first-order valence-electron chi connectivity index (χ1n) is 9.15. The van der Waals surface area contributed by atoms with Gasteiger partial charge in [0.05, 0.1) is 6.61 Å². The Balaban J connectivity index is 1.70. The van der Waals surface area contributed by atoms with Crippen LogP contribution >= 0.6 is 0 Å². The summed E-state index contributed by atoms with van der Waals surface area (Å²) in [5, 5.41) is 0. The monoisotopic (exact) mass is 345 g/mol. The van der Waals surface area contributed by atoms with Crippen LogP contribution in [0.4, 0.5) is 0 Å². The van der Waals surface area contributed by atoms with Gasteiger partial charge in [0.1, 0.15) is 5.75 Å². The van der Waals surface area contributed by atoms with Gasteiger partial charge in [-0.25, -0.2) is 0 Å². The summed E-state index contributed by atoms with van der Waals surface area (Å²) in [6.07, 6.45) is 4.52. The minimum atomic E-state index is 0.0484. The van der Waals surface area contributed by atoms with E-state index in [2.05, 4.69) is 16.8 Å². The lowest BCUT2D eigenvalue weighted by atomic mass is 10.2. The molecule has 0 aliphatic carbocycles. The molecule has 1 aliphatic heterocycles. The van der Waals surface area contributed by atoms with Crippen molar-refractivity contribution in [3.63, 3.8) is 0 Å². The van der Waals surface area contributed by atoms with Crippen molar-refractivity contribution < 1.29 is 9.53 Å². The largest absolute Gasteiger partial charge is 0.494 e. The van der Waals surface area contributed by atoms with Gasteiger partial charge in [0.25, 0.3) is 0 Å². The zero-order valence-corrected chi connectivity index (χ0v) is 15.8. The van der Waals surface area contributed by atoms with Crippen molar-refractivity contribution in [1.82, 2.24) is 14.7 Å². The van der Waals surface area contributed by atoms with Crippen LogP contribution < -0.4 is 4.74 Å². The van der Waals surface area contributed by atoms with Crippen LogP contribution in [0.1, 0.15) is 18.9 Å². The molecule has 1 aromatic rings. The Morgan fingerprint density at radius 3 is 2.52 bits per heavy atom. The molecule has 5 nitrogen and oxygen atoms in total. The van der Waals surface area contributed by atoms with E-state index in [9.17, 15) is 4.79 Å². The Kier molecular flexibility index (Phi) is 7.95.